The van der Waals surface area contributed by atoms with Crippen LogP contribution in [0, 0.1) is 5.82 Å². The maximum atomic E-state index is 13.3. The van der Waals surface area contributed by atoms with Gasteiger partial charge < -0.3 is 4.90 Å². The second-order valence-electron chi connectivity index (χ2n) is 7.15. The van der Waals surface area contributed by atoms with Gasteiger partial charge in [-0.15, -0.1) is 0 Å². The molecule has 126 valence electrons. The lowest BCUT2D eigenvalue weighted by Crippen LogP contribution is -2.45. The van der Waals surface area contributed by atoms with Crippen LogP contribution in [0.2, 0.25) is 5.02 Å². The van der Waals surface area contributed by atoms with Gasteiger partial charge in [0.15, 0.2) is 0 Å². The highest BCUT2D eigenvalue weighted by molar-refractivity contribution is 6.33. The number of fused-ring (bicyclic) bond motifs is 1. The molecule has 2 nitrogen and oxygen atoms in total. The summed E-state index contributed by atoms with van der Waals surface area (Å²) < 4.78 is 13.3. The lowest BCUT2D eigenvalue weighted by molar-refractivity contribution is 0.395. The van der Waals surface area contributed by atoms with E-state index in [0.717, 1.165) is 12.0 Å². The molecular weight excluding hydrogens is 323 g/mol. The van der Waals surface area contributed by atoms with Crippen LogP contribution in [0.4, 0.5) is 15.8 Å². The van der Waals surface area contributed by atoms with E-state index in [-0.39, 0.29) is 11.4 Å². The van der Waals surface area contributed by atoms with Gasteiger partial charge in [-0.05, 0) is 62.1 Å². The second kappa shape index (κ2) is 6.21. The van der Waals surface area contributed by atoms with Crippen molar-refractivity contribution in [3.8, 4) is 0 Å². The molecule has 2 aromatic carbocycles. The molecule has 0 saturated heterocycles. The van der Waals surface area contributed by atoms with Gasteiger partial charge in [0.05, 0.1) is 10.7 Å². The molecule has 0 amide bonds. The van der Waals surface area contributed by atoms with Crippen molar-refractivity contribution in [3.05, 3.63) is 58.4 Å². The normalized spacial score (nSPS) is 19.6. The van der Waals surface area contributed by atoms with Crippen LogP contribution in [-0.2, 0) is 0 Å². The number of anilines is 1. The molecule has 0 aromatic heterocycles. The van der Waals surface area contributed by atoms with Crippen molar-refractivity contribution in [1.82, 2.24) is 0 Å². The zero-order chi connectivity index (χ0) is 17.5. The molecule has 0 aliphatic carbocycles. The standard InChI is InChI=1S/C20H22ClFN2/c1-13-11-20(2,3)24(4)19-10-18(21)14(8-17(13)19)12-23-16-7-5-6-15(22)9-16/h5-10,12-13H,11H2,1-4H3. The molecule has 0 bridgehead atoms. The minimum Gasteiger partial charge on any atom is -0.369 e. The summed E-state index contributed by atoms with van der Waals surface area (Å²) in [4.78, 5) is 6.65. The van der Waals surface area contributed by atoms with E-state index in [0.29, 0.717) is 16.6 Å². The molecule has 0 spiro atoms. The minimum atomic E-state index is -0.293. The van der Waals surface area contributed by atoms with Crippen molar-refractivity contribution in [2.75, 3.05) is 11.9 Å². The Labute approximate surface area is 148 Å². The summed E-state index contributed by atoms with van der Waals surface area (Å²) in [5.74, 6) is 0.156. The van der Waals surface area contributed by atoms with Crippen molar-refractivity contribution in [1.29, 1.82) is 0 Å². The van der Waals surface area contributed by atoms with Crippen LogP contribution in [0.1, 0.15) is 44.2 Å². The van der Waals surface area contributed by atoms with E-state index in [2.05, 4.69) is 43.8 Å². The molecule has 3 rings (SSSR count). The van der Waals surface area contributed by atoms with E-state index in [1.54, 1.807) is 18.3 Å². The third kappa shape index (κ3) is 3.18. The van der Waals surface area contributed by atoms with Crippen molar-refractivity contribution in [2.45, 2.75) is 38.6 Å². The van der Waals surface area contributed by atoms with Gasteiger partial charge in [-0.1, -0.05) is 24.6 Å². The summed E-state index contributed by atoms with van der Waals surface area (Å²) in [6.45, 7) is 6.74. The first-order valence-electron chi connectivity index (χ1n) is 8.15. The predicted octanol–water partition coefficient (Wildman–Crippen LogP) is 5.95. The summed E-state index contributed by atoms with van der Waals surface area (Å²) in [5.41, 5.74) is 4.00. The van der Waals surface area contributed by atoms with Crippen LogP contribution in [-0.4, -0.2) is 18.8 Å². The lowest BCUT2D eigenvalue weighted by Gasteiger charge is -2.45. The van der Waals surface area contributed by atoms with Crippen molar-refractivity contribution < 1.29 is 4.39 Å². The first-order chi connectivity index (χ1) is 11.3. The van der Waals surface area contributed by atoms with Crippen molar-refractivity contribution >= 4 is 29.2 Å². The predicted molar refractivity (Wildman–Crippen MR) is 101 cm³/mol. The molecule has 1 aliphatic heterocycles. The highest BCUT2D eigenvalue weighted by Gasteiger charge is 2.34. The van der Waals surface area contributed by atoms with Crippen molar-refractivity contribution in [2.24, 2.45) is 4.99 Å². The Morgan fingerprint density at radius 1 is 1.29 bits per heavy atom. The Kier molecular flexibility index (Phi) is 4.39. The molecule has 1 unspecified atom stereocenters. The van der Waals surface area contributed by atoms with Gasteiger partial charge in [-0.3, -0.25) is 4.99 Å². The topological polar surface area (TPSA) is 15.6 Å². The van der Waals surface area contributed by atoms with Crippen LogP contribution in [0.25, 0.3) is 0 Å². The Hall–Kier alpha value is -1.87. The number of hydrogen-bond acceptors (Lipinski definition) is 2. The first kappa shape index (κ1) is 17.0. The first-order valence-corrected chi connectivity index (χ1v) is 8.52. The van der Waals surface area contributed by atoms with Gasteiger partial charge in [-0.2, -0.15) is 0 Å². The van der Waals surface area contributed by atoms with Gasteiger partial charge in [0.25, 0.3) is 0 Å². The zero-order valence-electron chi connectivity index (χ0n) is 14.5. The number of nitrogens with zero attached hydrogens (tertiary/aromatic N) is 2. The Morgan fingerprint density at radius 2 is 2.04 bits per heavy atom. The number of rotatable bonds is 2. The van der Waals surface area contributed by atoms with Gasteiger partial charge >= 0.3 is 0 Å². The molecule has 0 radical (unpaired) electrons. The summed E-state index contributed by atoms with van der Waals surface area (Å²) >= 11 is 6.47. The fraction of sp³-hybridized carbons (Fsp3) is 0.350. The fourth-order valence-electron chi connectivity index (χ4n) is 3.40. The van der Waals surface area contributed by atoms with Gasteiger partial charge in [0.2, 0.25) is 0 Å². The van der Waals surface area contributed by atoms with Crippen LogP contribution in [0.5, 0.6) is 0 Å². The largest absolute Gasteiger partial charge is 0.369 e. The van der Waals surface area contributed by atoms with Gasteiger partial charge in [0.1, 0.15) is 5.82 Å². The number of hydrogen-bond donors (Lipinski definition) is 0. The monoisotopic (exact) mass is 344 g/mol. The van der Waals surface area contributed by atoms with Gasteiger partial charge in [-0.25, -0.2) is 4.39 Å². The molecule has 0 fully saturated rings. The maximum Gasteiger partial charge on any atom is 0.125 e. The molecule has 0 N–H and O–H groups in total. The average Bonchev–Trinajstić information content (AvgIpc) is 2.51. The van der Waals surface area contributed by atoms with Crippen LogP contribution < -0.4 is 4.90 Å². The average molecular weight is 345 g/mol. The molecule has 1 aliphatic rings. The molecule has 1 atom stereocenters. The second-order valence-corrected chi connectivity index (χ2v) is 7.55. The van der Waals surface area contributed by atoms with Crippen LogP contribution in [0.3, 0.4) is 0 Å². The number of halogens is 2. The maximum absolute atomic E-state index is 13.3. The lowest BCUT2D eigenvalue weighted by atomic mass is 9.80. The van der Waals surface area contributed by atoms with E-state index >= 15 is 0 Å². The third-order valence-corrected chi connectivity index (χ3v) is 5.24. The molecule has 0 saturated carbocycles. The van der Waals surface area contributed by atoms with Crippen molar-refractivity contribution in [3.63, 3.8) is 0 Å². The summed E-state index contributed by atoms with van der Waals surface area (Å²) in [6, 6.07) is 10.4. The van der Waals surface area contributed by atoms with E-state index < -0.39 is 0 Å². The van der Waals surface area contributed by atoms with Crippen LogP contribution >= 0.6 is 11.6 Å². The SMILES string of the molecule is CC1CC(C)(C)N(C)c2cc(Cl)c(C=Nc3cccc(F)c3)cc21. The highest BCUT2D eigenvalue weighted by Crippen LogP contribution is 2.44. The van der Waals surface area contributed by atoms with E-state index in [4.69, 9.17) is 11.6 Å². The minimum absolute atomic E-state index is 0.104. The molecule has 4 heteroatoms. The zero-order valence-corrected chi connectivity index (χ0v) is 15.2. The van der Waals surface area contributed by atoms with E-state index in [1.165, 1.54) is 23.4 Å². The molecule has 24 heavy (non-hydrogen) atoms. The quantitative estimate of drug-likeness (QED) is 0.614. The summed E-state index contributed by atoms with van der Waals surface area (Å²) in [7, 11) is 2.11. The molecule has 2 aromatic rings. The number of aliphatic imine (C=N–C) groups is 1. The van der Waals surface area contributed by atoms with Crippen LogP contribution in [0.15, 0.2) is 41.4 Å². The Morgan fingerprint density at radius 3 is 2.75 bits per heavy atom. The smallest absolute Gasteiger partial charge is 0.125 e. The molecule has 1 heterocycles. The summed E-state index contributed by atoms with van der Waals surface area (Å²) in [5, 5.41) is 0.658. The van der Waals surface area contributed by atoms with E-state index in [9.17, 15) is 4.39 Å². The third-order valence-electron chi connectivity index (χ3n) is 4.91. The Bertz CT molecular complexity index is 798. The van der Waals surface area contributed by atoms with Gasteiger partial charge in [0, 0.05) is 30.1 Å². The molecular formula is C20H22ClFN2. The highest BCUT2D eigenvalue weighted by atomic mass is 35.5. The summed E-state index contributed by atoms with van der Waals surface area (Å²) in [6.07, 6.45) is 2.79. The number of benzene rings is 2. The fourth-order valence-corrected chi connectivity index (χ4v) is 3.61. The van der Waals surface area contributed by atoms with E-state index in [1.807, 2.05) is 6.07 Å². The Balaban J connectivity index is 1.99.